The number of nitrogens with one attached hydrogen (secondary N) is 1. The molecule has 3 N–H and O–H groups in total. The lowest BCUT2D eigenvalue weighted by molar-refractivity contribution is -0.125. The van der Waals surface area contributed by atoms with E-state index in [4.69, 9.17) is 10.5 Å². The fourth-order valence-electron chi connectivity index (χ4n) is 1.34. The number of methoxy groups -OCH3 is 1. The second-order valence-corrected chi connectivity index (χ2v) is 4.52. The summed E-state index contributed by atoms with van der Waals surface area (Å²) in [6, 6.07) is 3.77. The van der Waals surface area contributed by atoms with Crippen LogP contribution in [0.25, 0.3) is 0 Å². The molecule has 94 valence electrons. The van der Waals surface area contributed by atoms with Crippen LogP contribution < -0.4 is 15.8 Å². The molecule has 0 unspecified atom stereocenters. The van der Waals surface area contributed by atoms with Crippen molar-refractivity contribution in [1.82, 2.24) is 10.3 Å². The van der Waals surface area contributed by atoms with Crippen LogP contribution in [0.2, 0.25) is 0 Å². The molecule has 0 aliphatic heterocycles. The number of amides is 1. The first-order valence-corrected chi connectivity index (χ1v) is 5.46. The molecule has 0 saturated carbocycles. The van der Waals surface area contributed by atoms with Gasteiger partial charge in [0.1, 0.15) is 0 Å². The van der Waals surface area contributed by atoms with Crippen LogP contribution in [0.1, 0.15) is 19.4 Å². The molecule has 0 bridgehead atoms. The third-order valence-corrected chi connectivity index (χ3v) is 2.59. The van der Waals surface area contributed by atoms with Crippen LogP contribution in [0.3, 0.4) is 0 Å². The molecule has 0 aromatic carbocycles. The number of carbonyl (C=O) groups excluding carboxylic acids is 1. The van der Waals surface area contributed by atoms with Gasteiger partial charge in [0, 0.05) is 24.8 Å². The number of rotatable bonds is 6. The Morgan fingerprint density at radius 3 is 2.88 bits per heavy atom. The maximum Gasteiger partial charge on any atom is 0.224 e. The normalized spacial score (nSPS) is 11.2. The summed E-state index contributed by atoms with van der Waals surface area (Å²) in [6.45, 7) is 4.72. The molecular formula is C12H19N3O2. The van der Waals surface area contributed by atoms with Crippen LogP contribution in [-0.4, -0.2) is 24.5 Å². The molecule has 0 fully saturated rings. The highest BCUT2D eigenvalue weighted by Crippen LogP contribution is 2.15. The maximum absolute atomic E-state index is 11.1. The number of nitrogens with zero attached hydrogens (tertiary/aromatic N) is 1. The summed E-state index contributed by atoms with van der Waals surface area (Å²) < 4.78 is 5.13. The Morgan fingerprint density at radius 1 is 1.59 bits per heavy atom. The van der Waals surface area contributed by atoms with Crippen molar-refractivity contribution >= 4 is 5.91 Å². The number of aromatic nitrogens is 1. The van der Waals surface area contributed by atoms with Crippen molar-refractivity contribution in [1.29, 1.82) is 0 Å². The van der Waals surface area contributed by atoms with Gasteiger partial charge in [-0.15, -0.1) is 0 Å². The number of ether oxygens (including phenoxy) is 1. The first-order valence-electron chi connectivity index (χ1n) is 5.46. The molecule has 0 atom stereocenters. The highest BCUT2D eigenvalue weighted by molar-refractivity contribution is 5.80. The van der Waals surface area contributed by atoms with Gasteiger partial charge in [0.2, 0.25) is 11.8 Å². The molecule has 0 radical (unpaired) electrons. The Labute approximate surface area is 101 Å². The van der Waals surface area contributed by atoms with Gasteiger partial charge in [-0.25, -0.2) is 4.98 Å². The number of primary amides is 1. The average Bonchev–Trinajstić information content (AvgIpc) is 2.29. The van der Waals surface area contributed by atoms with Crippen LogP contribution in [0, 0.1) is 5.41 Å². The monoisotopic (exact) mass is 237 g/mol. The van der Waals surface area contributed by atoms with Gasteiger partial charge in [-0.1, -0.05) is 6.07 Å². The van der Waals surface area contributed by atoms with E-state index in [0.29, 0.717) is 19.0 Å². The zero-order chi connectivity index (χ0) is 12.9. The summed E-state index contributed by atoms with van der Waals surface area (Å²) >= 11 is 0. The van der Waals surface area contributed by atoms with Gasteiger partial charge in [0.25, 0.3) is 0 Å². The zero-order valence-electron chi connectivity index (χ0n) is 10.5. The lowest BCUT2D eigenvalue weighted by Gasteiger charge is -2.21. The van der Waals surface area contributed by atoms with Crippen molar-refractivity contribution in [2.75, 3.05) is 13.7 Å². The molecule has 0 aliphatic rings. The van der Waals surface area contributed by atoms with Gasteiger partial charge >= 0.3 is 0 Å². The lowest BCUT2D eigenvalue weighted by atomic mass is 9.93. The first kappa shape index (κ1) is 13.4. The topological polar surface area (TPSA) is 77.2 Å². The van der Waals surface area contributed by atoms with E-state index in [1.165, 1.54) is 0 Å². The van der Waals surface area contributed by atoms with Crippen LogP contribution in [0.5, 0.6) is 5.88 Å². The third kappa shape index (κ3) is 3.71. The summed E-state index contributed by atoms with van der Waals surface area (Å²) in [6.07, 6.45) is 1.68. The molecule has 1 aromatic rings. The fourth-order valence-corrected chi connectivity index (χ4v) is 1.34. The molecule has 5 heteroatoms. The Bertz CT molecular complexity index is 391. The summed E-state index contributed by atoms with van der Waals surface area (Å²) in [7, 11) is 1.58. The van der Waals surface area contributed by atoms with Gasteiger partial charge < -0.3 is 15.8 Å². The van der Waals surface area contributed by atoms with Crippen molar-refractivity contribution < 1.29 is 9.53 Å². The minimum absolute atomic E-state index is 0.317. The van der Waals surface area contributed by atoms with E-state index in [9.17, 15) is 4.79 Å². The van der Waals surface area contributed by atoms with E-state index >= 15 is 0 Å². The van der Waals surface area contributed by atoms with Gasteiger partial charge in [-0.3, -0.25) is 4.79 Å². The molecular weight excluding hydrogens is 218 g/mol. The minimum Gasteiger partial charge on any atom is -0.481 e. The number of nitrogens with two attached hydrogens (primary N) is 1. The van der Waals surface area contributed by atoms with Crippen molar-refractivity contribution in [2.24, 2.45) is 11.1 Å². The van der Waals surface area contributed by atoms with Crippen LogP contribution >= 0.6 is 0 Å². The summed E-state index contributed by atoms with van der Waals surface area (Å²) in [4.78, 5) is 15.2. The van der Waals surface area contributed by atoms with Crippen molar-refractivity contribution in [3.05, 3.63) is 23.9 Å². The predicted molar refractivity (Wildman–Crippen MR) is 65.5 cm³/mol. The molecule has 1 aromatic heterocycles. The standard InChI is InChI=1S/C12H19N3O2/c1-12(2,11(13)16)8-14-7-9-5-4-6-15-10(9)17-3/h4-6,14H,7-8H2,1-3H3,(H2,13,16). The number of pyridine rings is 1. The van der Waals surface area contributed by atoms with E-state index in [0.717, 1.165) is 5.56 Å². The van der Waals surface area contributed by atoms with Gasteiger partial charge in [-0.2, -0.15) is 0 Å². The van der Waals surface area contributed by atoms with E-state index in [1.807, 2.05) is 26.0 Å². The van der Waals surface area contributed by atoms with Crippen molar-refractivity contribution in [3.63, 3.8) is 0 Å². The van der Waals surface area contributed by atoms with Crippen LogP contribution in [-0.2, 0) is 11.3 Å². The Morgan fingerprint density at radius 2 is 2.29 bits per heavy atom. The molecule has 5 nitrogen and oxygen atoms in total. The molecule has 0 spiro atoms. The summed E-state index contributed by atoms with van der Waals surface area (Å²) in [5.41, 5.74) is 5.68. The Kier molecular flexibility index (Phi) is 4.45. The molecule has 1 heterocycles. The Balaban J connectivity index is 2.54. The molecule has 17 heavy (non-hydrogen) atoms. The van der Waals surface area contributed by atoms with Crippen molar-refractivity contribution in [2.45, 2.75) is 20.4 Å². The highest BCUT2D eigenvalue weighted by Gasteiger charge is 2.24. The lowest BCUT2D eigenvalue weighted by Crippen LogP contribution is -2.40. The average molecular weight is 237 g/mol. The SMILES string of the molecule is COc1ncccc1CNCC(C)(C)C(N)=O. The van der Waals surface area contributed by atoms with Crippen LogP contribution in [0.15, 0.2) is 18.3 Å². The van der Waals surface area contributed by atoms with E-state index < -0.39 is 5.41 Å². The second-order valence-electron chi connectivity index (χ2n) is 4.52. The molecule has 0 saturated heterocycles. The van der Waals surface area contributed by atoms with E-state index in [-0.39, 0.29) is 5.91 Å². The molecule has 1 rings (SSSR count). The van der Waals surface area contributed by atoms with Gasteiger partial charge in [0.05, 0.1) is 12.5 Å². The van der Waals surface area contributed by atoms with Gasteiger partial charge in [-0.05, 0) is 19.9 Å². The fraction of sp³-hybridized carbons (Fsp3) is 0.500. The van der Waals surface area contributed by atoms with Crippen molar-refractivity contribution in [3.8, 4) is 5.88 Å². The highest BCUT2D eigenvalue weighted by atomic mass is 16.5. The second kappa shape index (κ2) is 5.63. The summed E-state index contributed by atoms with van der Waals surface area (Å²) in [5.74, 6) is 0.278. The Hall–Kier alpha value is -1.62. The third-order valence-electron chi connectivity index (χ3n) is 2.59. The van der Waals surface area contributed by atoms with Crippen LogP contribution in [0.4, 0.5) is 0 Å². The summed E-state index contributed by atoms with van der Waals surface area (Å²) in [5, 5.41) is 3.18. The van der Waals surface area contributed by atoms with E-state index in [2.05, 4.69) is 10.3 Å². The quantitative estimate of drug-likeness (QED) is 0.763. The minimum atomic E-state index is -0.560. The molecule has 1 amide bonds. The largest absolute Gasteiger partial charge is 0.481 e. The maximum atomic E-state index is 11.1. The molecule has 0 aliphatic carbocycles. The number of hydrogen-bond acceptors (Lipinski definition) is 4. The zero-order valence-corrected chi connectivity index (χ0v) is 10.5. The van der Waals surface area contributed by atoms with E-state index in [1.54, 1.807) is 13.3 Å². The number of carbonyl (C=O) groups is 1. The number of hydrogen-bond donors (Lipinski definition) is 2. The predicted octanol–water partition coefficient (Wildman–Crippen LogP) is 0.691. The van der Waals surface area contributed by atoms with Gasteiger partial charge in [0.15, 0.2) is 0 Å². The smallest absolute Gasteiger partial charge is 0.224 e. The first-order chi connectivity index (χ1) is 7.97.